The van der Waals surface area contributed by atoms with E-state index in [9.17, 15) is 13.2 Å². The molecular formula is C7H9F3N4S. The molecule has 84 valence electrons. The van der Waals surface area contributed by atoms with Gasteiger partial charge in [-0.2, -0.15) is 28.1 Å². The number of anilines is 1. The van der Waals surface area contributed by atoms with Crippen LogP contribution < -0.4 is 4.90 Å². The minimum atomic E-state index is -4.54. The summed E-state index contributed by atoms with van der Waals surface area (Å²) in [5.74, 6) is -1.16. The molecule has 4 nitrogen and oxygen atoms in total. The predicted molar refractivity (Wildman–Crippen MR) is 50.9 cm³/mol. The third-order valence-corrected chi connectivity index (χ3v) is 1.99. The van der Waals surface area contributed by atoms with Crippen molar-refractivity contribution in [1.29, 1.82) is 0 Å². The van der Waals surface area contributed by atoms with E-state index in [1.165, 1.54) is 4.90 Å². The van der Waals surface area contributed by atoms with Gasteiger partial charge in [0.2, 0.25) is 11.8 Å². The number of hydrogen-bond donors (Lipinski definition) is 0. The third-order valence-electron chi connectivity index (χ3n) is 1.44. The first-order chi connectivity index (χ1) is 6.84. The van der Waals surface area contributed by atoms with Crippen molar-refractivity contribution in [3.8, 4) is 0 Å². The van der Waals surface area contributed by atoms with Crippen LogP contribution in [0.15, 0.2) is 5.16 Å². The fourth-order valence-electron chi connectivity index (χ4n) is 0.764. The third kappa shape index (κ3) is 2.95. The number of nitrogens with zero attached hydrogens (tertiary/aromatic N) is 4. The highest BCUT2D eigenvalue weighted by Crippen LogP contribution is 2.28. The fourth-order valence-corrected chi connectivity index (χ4v) is 1.11. The number of thioether (sulfide) groups is 1. The zero-order valence-electron chi connectivity index (χ0n) is 8.33. The molecule has 0 unspecified atom stereocenters. The van der Waals surface area contributed by atoms with Crippen molar-refractivity contribution in [3.05, 3.63) is 5.82 Å². The fraction of sp³-hybridized carbons (Fsp3) is 0.571. The van der Waals surface area contributed by atoms with Crippen LogP contribution in [0.1, 0.15) is 5.82 Å². The van der Waals surface area contributed by atoms with E-state index in [2.05, 4.69) is 15.0 Å². The van der Waals surface area contributed by atoms with E-state index < -0.39 is 12.0 Å². The highest BCUT2D eigenvalue weighted by molar-refractivity contribution is 7.98. The molecule has 0 saturated carbocycles. The minimum Gasteiger partial charge on any atom is -0.347 e. The first kappa shape index (κ1) is 12.0. The monoisotopic (exact) mass is 238 g/mol. The Labute approximate surface area is 88.9 Å². The summed E-state index contributed by atoms with van der Waals surface area (Å²) < 4.78 is 37.1. The summed E-state index contributed by atoms with van der Waals surface area (Å²) in [6.45, 7) is 0. The molecule has 1 rings (SSSR count). The molecule has 0 aromatic carbocycles. The molecule has 0 atom stereocenters. The van der Waals surface area contributed by atoms with Gasteiger partial charge in [-0.15, -0.1) is 0 Å². The number of alkyl halides is 3. The molecule has 0 amide bonds. The molecule has 0 aliphatic heterocycles. The van der Waals surface area contributed by atoms with Gasteiger partial charge in [-0.25, -0.2) is 0 Å². The summed E-state index contributed by atoms with van der Waals surface area (Å²) in [6, 6.07) is 0. The Hall–Kier alpha value is -1.05. The van der Waals surface area contributed by atoms with Gasteiger partial charge in [0.15, 0.2) is 5.16 Å². The molecule has 0 aliphatic carbocycles. The first-order valence-corrected chi connectivity index (χ1v) is 5.11. The van der Waals surface area contributed by atoms with Crippen molar-refractivity contribution >= 4 is 17.7 Å². The lowest BCUT2D eigenvalue weighted by Crippen LogP contribution is -2.19. The van der Waals surface area contributed by atoms with Crippen molar-refractivity contribution in [3.63, 3.8) is 0 Å². The molecule has 8 heteroatoms. The summed E-state index contributed by atoms with van der Waals surface area (Å²) >= 11 is 1.04. The van der Waals surface area contributed by atoms with Crippen LogP contribution in [-0.4, -0.2) is 35.3 Å². The number of halogens is 3. The van der Waals surface area contributed by atoms with Crippen LogP contribution in [0.2, 0.25) is 0 Å². The second kappa shape index (κ2) is 4.21. The Morgan fingerprint density at radius 2 is 1.73 bits per heavy atom. The maximum Gasteiger partial charge on any atom is 0.451 e. The zero-order valence-corrected chi connectivity index (χ0v) is 9.15. The van der Waals surface area contributed by atoms with Crippen LogP contribution in [-0.2, 0) is 6.18 Å². The SMILES string of the molecule is CSc1nc(N(C)C)nc(C(F)(F)F)n1. The van der Waals surface area contributed by atoms with E-state index in [1.54, 1.807) is 20.4 Å². The lowest BCUT2D eigenvalue weighted by Gasteiger charge is -2.12. The van der Waals surface area contributed by atoms with E-state index in [0.717, 1.165) is 11.8 Å². The van der Waals surface area contributed by atoms with Gasteiger partial charge in [0, 0.05) is 14.1 Å². The quantitative estimate of drug-likeness (QED) is 0.733. The highest BCUT2D eigenvalue weighted by Gasteiger charge is 2.36. The van der Waals surface area contributed by atoms with Gasteiger partial charge in [0.25, 0.3) is 0 Å². The molecule has 1 aromatic rings. The molecule has 1 heterocycles. The van der Waals surface area contributed by atoms with Crippen molar-refractivity contribution in [1.82, 2.24) is 15.0 Å². The van der Waals surface area contributed by atoms with E-state index in [-0.39, 0.29) is 11.1 Å². The molecule has 1 aromatic heterocycles. The molecule has 0 fully saturated rings. The second-order valence-corrected chi connectivity index (χ2v) is 3.61. The van der Waals surface area contributed by atoms with Crippen LogP contribution >= 0.6 is 11.8 Å². The normalized spacial score (nSPS) is 11.6. The largest absolute Gasteiger partial charge is 0.451 e. The summed E-state index contributed by atoms with van der Waals surface area (Å²) in [6.07, 6.45) is -2.94. The molecule has 15 heavy (non-hydrogen) atoms. The van der Waals surface area contributed by atoms with Gasteiger partial charge in [-0.05, 0) is 6.26 Å². The van der Waals surface area contributed by atoms with E-state index in [1.807, 2.05) is 0 Å². The van der Waals surface area contributed by atoms with Crippen LogP contribution in [0.25, 0.3) is 0 Å². The van der Waals surface area contributed by atoms with Crippen molar-refractivity contribution in [2.75, 3.05) is 25.3 Å². The summed E-state index contributed by atoms with van der Waals surface area (Å²) in [5.41, 5.74) is 0. The first-order valence-electron chi connectivity index (χ1n) is 3.89. The van der Waals surface area contributed by atoms with Gasteiger partial charge < -0.3 is 4.90 Å². The van der Waals surface area contributed by atoms with Gasteiger partial charge >= 0.3 is 6.18 Å². The van der Waals surface area contributed by atoms with Crippen molar-refractivity contribution < 1.29 is 13.2 Å². The molecule has 0 aliphatic rings. The average Bonchev–Trinajstić information content (AvgIpc) is 2.15. The maximum atomic E-state index is 12.4. The minimum absolute atomic E-state index is 0.00155. The van der Waals surface area contributed by atoms with Crippen molar-refractivity contribution in [2.24, 2.45) is 0 Å². The Morgan fingerprint density at radius 3 is 2.13 bits per heavy atom. The summed E-state index contributed by atoms with van der Waals surface area (Å²) in [5, 5.41) is 0.0565. The van der Waals surface area contributed by atoms with E-state index >= 15 is 0 Å². The van der Waals surface area contributed by atoms with E-state index in [0.29, 0.717) is 0 Å². The maximum absolute atomic E-state index is 12.4. The van der Waals surface area contributed by atoms with Gasteiger partial charge in [0.05, 0.1) is 0 Å². The lowest BCUT2D eigenvalue weighted by molar-refractivity contribution is -0.145. The van der Waals surface area contributed by atoms with Crippen molar-refractivity contribution in [2.45, 2.75) is 11.3 Å². The predicted octanol–water partition coefficient (Wildman–Crippen LogP) is 1.68. The molecular weight excluding hydrogens is 229 g/mol. The molecule has 0 N–H and O–H groups in total. The number of hydrogen-bond acceptors (Lipinski definition) is 5. The van der Waals surface area contributed by atoms with Crippen LogP contribution in [0.3, 0.4) is 0 Å². The van der Waals surface area contributed by atoms with Gasteiger partial charge in [0.1, 0.15) is 0 Å². The van der Waals surface area contributed by atoms with Gasteiger partial charge in [-0.1, -0.05) is 11.8 Å². The molecule has 0 spiro atoms. The molecule has 0 bridgehead atoms. The summed E-state index contributed by atoms with van der Waals surface area (Å²) in [4.78, 5) is 11.8. The van der Waals surface area contributed by atoms with E-state index in [4.69, 9.17) is 0 Å². The van der Waals surface area contributed by atoms with Crippen LogP contribution in [0.4, 0.5) is 19.1 Å². The Balaban J connectivity index is 3.23. The number of aromatic nitrogens is 3. The lowest BCUT2D eigenvalue weighted by atomic mass is 10.6. The number of rotatable bonds is 2. The second-order valence-electron chi connectivity index (χ2n) is 2.84. The van der Waals surface area contributed by atoms with Crippen LogP contribution in [0, 0.1) is 0 Å². The average molecular weight is 238 g/mol. The van der Waals surface area contributed by atoms with Crippen LogP contribution in [0.5, 0.6) is 0 Å². The smallest absolute Gasteiger partial charge is 0.347 e. The Kier molecular flexibility index (Phi) is 3.38. The van der Waals surface area contributed by atoms with Gasteiger partial charge in [-0.3, -0.25) is 0 Å². The molecule has 0 radical (unpaired) electrons. The summed E-state index contributed by atoms with van der Waals surface area (Å²) in [7, 11) is 3.14. The zero-order chi connectivity index (χ0) is 11.6. The topological polar surface area (TPSA) is 41.9 Å². The standard InChI is InChI=1S/C7H9F3N4S/c1-14(2)5-11-4(7(8,9)10)12-6(13-5)15-3/h1-3H3. The Bertz CT molecular complexity index is 353. The molecule has 0 saturated heterocycles. The highest BCUT2D eigenvalue weighted by atomic mass is 32.2. The Morgan fingerprint density at radius 1 is 1.13 bits per heavy atom.